The summed E-state index contributed by atoms with van der Waals surface area (Å²) >= 11 is 12.5. The number of rotatable bonds is 4. The molecule has 0 saturated carbocycles. The smallest absolute Gasteiger partial charge is 0.123 e. The van der Waals surface area contributed by atoms with Crippen LogP contribution in [0.5, 0.6) is 0 Å². The first-order valence-electron chi connectivity index (χ1n) is 6.06. The fourth-order valence-corrected chi connectivity index (χ4v) is 2.68. The summed E-state index contributed by atoms with van der Waals surface area (Å²) in [6.45, 7) is 2.71. The summed E-state index contributed by atoms with van der Waals surface area (Å²) in [4.78, 5) is 0. The number of nitrogens with one attached hydrogen (secondary N) is 1. The molecule has 100 valence electrons. The number of benzene rings is 2. The molecule has 1 unspecified atom stereocenters. The van der Waals surface area contributed by atoms with Crippen molar-refractivity contribution in [1.82, 2.24) is 5.32 Å². The van der Waals surface area contributed by atoms with Crippen molar-refractivity contribution in [2.75, 3.05) is 6.54 Å². The molecule has 1 atom stereocenters. The summed E-state index contributed by atoms with van der Waals surface area (Å²) < 4.78 is 13.4. The summed E-state index contributed by atoms with van der Waals surface area (Å²) in [5, 5.41) is 4.43. The molecule has 4 heteroatoms. The highest BCUT2D eigenvalue weighted by Crippen LogP contribution is 2.34. The van der Waals surface area contributed by atoms with Crippen molar-refractivity contribution < 1.29 is 4.39 Å². The van der Waals surface area contributed by atoms with Crippen LogP contribution in [0.4, 0.5) is 4.39 Å². The van der Waals surface area contributed by atoms with Crippen LogP contribution in [0.15, 0.2) is 42.5 Å². The molecule has 0 bridgehead atoms. The van der Waals surface area contributed by atoms with Crippen LogP contribution >= 0.6 is 23.2 Å². The monoisotopic (exact) mass is 297 g/mol. The third-order valence-corrected chi connectivity index (χ3v) is 3.54. The van der Waals surface area contributed by atoms with Crippen LogP contribution in [0.25, 0.3) is 0 Å². The van der Waals surface area contributed by atoms with Gasteiger partial charge in [0.1, 0.15) is 5.82 Å². The summed E-state index contributed by atoms with van der Waals surface area (Å²) in [5.74, 6) is -0.274. The number of hydrogen-bond acceptors (Lipinski definition) is 1. The lowest BCUT2D eigenvalue weighted by Crippen LogP contribution is -2.22. The van der Waals surface area contributed by atoms with Gasteiger partial charge in [0.25, 0.3) is 0 Å². The maximum absolute atomic E-state index is 13.4. The van der Waals surface area contributed by atoms with Gasteiger partial charge in [0.05, 0.1) is 6.04 Å². The van der Waals surface area contributed by atoms with Gasteiger partial charge < -0.3 is 5.32 Å². The maximum Gasteiger partial charge on any atom is 0.123 e. The minimum Gasteiger partial charge on any atom is -0.306 e. The summed E-state index contributed by atoms with van der Waals surface area (Å²) in [5.41, 5.74) is 1.58. The second-order valence-electron chi connectivity index (χ2n) is 4.18. The molecule has 19 heavy (non-hydrogen) atoms. The Morgan fingerprint density at radius 3 is 2.32 bits per heavy atom. The van der Waals surface area contributed by atoms with E-state index in [0.717, 1.165) is 17.7 Å². The molecule has 2 aromatic rings. The van der Waals surface area contributed by atoms with Crippen LogP contribution in [0, 0.1) is 5.82 Å². The van der Waals surface area contributed by atoms with Gasteiger partial charge in [0, 0.05) is 15.6 Å². The fraction of sp³-hybridized carbons (Fsp3) is 0.200. The van der Waals surface area contributed by atoms with E-state index in [4.69, 9.17) is 23.2 Å². The Hall–Kier alpha value is -1.09. The van der Waals surface area contributed by atoms with Gasteiger partial charge >= 0.3 is 0 Å². The second kappa shape index (κ2) is 6.38. The third-order valence-electron chi connectivity index (χ3n) is 2.88. The summed E-state index contributed by atoms with van der Waals surface area (Å²) in [6.07, 6.45) is 0. The zero-order chi connectivity index (χ0) is 13.8. The van der Waals surface area contributed by atoms with E-state index in [-0.39, 0.29) is 11.9 Å². The molecular formula is C15H14Cl2FN. The molecule has 0 aliphatic rings. The average Bonchev–Trinajstić information content (AvgIpc) is 2.37. The van der Waals surface area contributed by atoms with Crippen molar-refractivity contribution in [3.63, 3.8) is 0 Å². The van der Waals surface area contributed by atoms with E-state index >= 15 is 0 Å². The zero-order valence-electron chi connectivity index (χ0n) is 10.5. The summed E-state index contributed by atoms with van der Waals surface area (Å²) in [7, 11) is 0. The van der Waals surface area contributed by atoms with Gasteiger partial charge in [-0.1, -0.05) is 48.3 Å². The fourth-order valence-electron chi connectivity index (χ4n) is 2.06. The number of hydrogen-bond donors (Lipinski definition) is 1. The van der Waals surface area contributed by atoms with Gasteiger partial charge in [-0.25, -0.2) is 4.39 Å². The predicted octanol–water partition coefficient (Wildman–Crippen LogP) is 4.83. The lowest BCUT2D eigenvalue weighted by atomic mass is 9.98. The van der Waals surface area contributed by atoms with Crippen LogP contribution in [-0.4, -0.2) is 6.54 Å². The van der Waals surface area contributed by atoms with E-state index in [9.17, 15) is 4.39 Å². The highest BCUT2D eigenvalue weighted by Gasteiger charge is 2.19. The van der Waals surface area contributed by atoms with E-state index in [1.54, 1.807) is 24.3 Å². The normalized spacial score (nSPS) is 12.4. The Morgan fingerprint density at radius 1 is 1.11 bits per heavy atom. The van der Waals surface area contributed by atoms with E-state index in [1.807, 2.05) is 13.0 Å². The molecule has 0 fully saturated rings. The minimum absolute atomic E-state index is 0.220. The quantitative estimate of drug-likeness (QED) is 0.852. The Morgan fingerprint density at radius 2 is 1.74 bits per heavy atom. The first-order valence-corrected chi connectivity index (χ1v) is 6.81. The van der Waals surface area contributed by atoms with E-state index in [1.165, 1.54) is 12.1 Å². The van der Waals surface area contributed by atoms with Crippen LogP contribution < -0.4 is 5.32 Å². The van der Waals surface area contributed by atoms with E-state index in [0.29, 0.717) is 10.0 Å². The molecule has 0 spiro atoms. The van der Waals surface area contributed by atoms with Crippen LogP contribution in [0.1, 0.15) is 24.1 Å². The molecule has 0 amide bonds. The van der Waals surface area contributed by atoms with Gasteiger partial charge in [-0.15, -0.1) is 0 Å². The van der Waals surface area contributed by atoms with Crippen LogP contribution in [-0.2, 0) is 0 Å². The highest BCUT2D eigenvalue weighted by molar-refractivity contribution is 6.36. The molecular weight excluding hydrogens is 284 g/mol. The molecule has 2 rings (SSSR count). The van der Waals surface area contributed by atoms with Gasteiger partial charge in [0.2, 0.25) is 0 Å². The molecule has 0 radical (unpaired) electrons. The van der Waals surface area contributed by atoms with Gasteiger partial charge in [0.15, 0.2) is 0 Å². The Kier molecular flexibility index (Phi) is 4.81. The SMILES string of the molecule is CCNC(c1cccc(F)c1)c1c(Cl)cccc1Cl. The van der Waals surface area contributed by atoms with Gasteiger partial charge in [-0.2, -0.15) is 0 Å². The Bertz CT molecular complexity index is 552. The van der Waals surface area contributed by atoms with Crippen molar-refractivity contribution in [1.29, 1.82) is 0 Å². The van der Waals surface area contributed by atoms with Gasteiger partial charge in [-0.05, 0) is 36.4 Å². The van der Waals surface area contributed by atoms with Crippen molar-refractivity contribution in [3.8, 4) is 0 Å². The van der Waals surface area contributed by atoms with Crippen molar-refractivity contribution in [3.05, 3.63) is 69.5 Å². The molecule has 0 aromatic heterocycles. The topological polar surface area (TPSA) is 12.0 Å². The zero-order valence-corrected chi connectivity index (χ0v) is 12.0. The average molecular weight is 298 g/mol. The van der Waals surface area contributed by atoms with Gasteiger partial charge in [-0.3, -0.25) is 0 Å². The standard InChI is InChI=1S/C15H14Cl2FN/c1-2-19-15(10-5-3-6-11(18)9-10)14-12(16)7-4-8-13(14)17/h3-9,15,19H,2H2,1H3. The largest absolute Gasteiger partial charge is 0.306 e. The first kappa shape index (κ1) is 14.3. The predicted molar refractivity (Wildman–Crippen MR) is 78.4 cm³/mol. The molecule has 2 aromatic carbocycles. The Labute approximate surface area is 122 Å². The van der Waals surface area contributed by atoms with E-state index < -0.39 is 0 Å². The van der Waals surface area contributed by atoms with Crippen molar-refractivity contribution in [2.24, 2.45) is 0 Å². The van der Waals surface area contributed by atoms with Crippen LogP contribution in [0.2, 0.25) is 10.0 Å². The first-order chi connectivity index (χ1) is 9.13. The molecule has 1 N–H and O–H groups in total. The van der Waals surface area contributed by atoms with Crippen molar-refractivity contribution in [2.45, 2.75) is 13.0 Å². The molecule has 0 heterocycles. The second-order valence-corrected chi connectivity index (χ2v) is 5.00. The van der Waals surface area contributed by atoms with Crippen LogP contribution in [0.3, 0.4) is 0 Å². The lowest BCUT2D eigenvalue weighted by Gasteiger charge is -2.21. The van der Waals surface area contributed by atoms with E-state index in [2.05, 4.69) is 5.32 Å². The number of halogens is 3. The molecule has 0 aliphatic carbocycles. The lowest BCUT2D eigenvalue weighted by molar-refractivity contribution is 0.603. The van der Waals surface area contributed by atoms with Crippen molar-refractivity contribution >= 4 is 23.2 Å². The maximum atomic E-state index is 13.4. The Balaban J connectivity index is 2.51. The molecule has 0 saturated heterocycles. The molecule has 1 nitrogen and oxygen atoms in total. The summed E-state index contributed by atoms with van der Waals surface area (Å²) in [6, 6.07) is 11.6. The molecule has 0 aliphatic heterocycles. The highest BCUT2D eigenvalue weighted by atomic mass is 35.5. The minimum atomic E-state index is -0.274. The third kappa shape index (κ3) is 3.27.